The van der Waals surface area contributed by atoms with Crippen LogP contribution in [0.25, 0.3) is 0 Å². The van der Waals surface area contributed by atoms with Gasteiger partial charge in [-0.1, -0.05) is 0 Å². The fraction of sp³-hybridized carbons (Fsp3) is 0.842. The second kappa shape index (κ2) is 10.6. The maximum absolute atomic E-state index is 5.14. The maximum Gasteiger partial charge on any atom is 0.191 e. The SMILES string of the molecule is CCNC(=NCCCCN1CCCC1)NC1CCc2nc(COC)nn2C1. The Morgan fingerprint density at radius 3 is 2.93 bits per heavy atom. The average Bonchev–Trinajstić information content (AvgIpc) is 3.30. The molecule has 1 fully saturated rings. The van der Waals surface area contributed by atoms with Crippen LogP contribution in [0, 0.1) is 0 Å². The van der Waals surface area contributed by atoms with E-state index in [2.05, 4.69) is 32.5 Å². The summed E-state index contributed by atoms with van der Waals surface area (Å²) in [5.74, 6) is 2.75. The van der Waals surface area contributed by atoms with Crippen molar-refractivity contribution in [1.82, 2.24) is 30.3 Å². The van der Waals surface area contributed by atoms with Crippen molar-refractivity contribution in [3.05, 3.63) is 11.6 Å². The van der Waals surface area contributed by atoms with E-state index in [1.165, 1.54) is 38.9 Å². The second-order valence-corrected chi connectivity index (χ2v) is 7.46. The quantitative estimate of drug-likeness (QED) is 0.382. The molecule has 2 N–H and O–H groups in total. The van der Waals surface area contributed by atoms with Gasteiger partial charge in [-0.2, -0.15) is 5.10 Å². The van der Waals surface area contributed by atoms with Crippen LogP contribution < -0.4 is 10.6 Å². The molecule has 1 atom stereocenters. The van der Waals surface area contributed by atoms with Crippen molar-refractivity contribution in [3.63, 3.8) is 0 Å². The Morgan fingerprint density at radius 1 is 1.30 bits per heavy atom. The second-order valence-electron chi connectivity index (χ2n) is 7.46. The molecule has 0 radical (unpaired) electrons. The number of hydrogen-bond donors (Lipinski definition) is 2. The van der Waals surface area contributed by atoms with Crippen LogP contribution in [0.4, 0.5) is 0 Å². The third-order valence-corrected chi connectivity index (χ3v) is 5.21. The predicted molar refractivity (Wildman–Crippen MR) is 107 cm³/mol. The van der Waals surface area contributed by atoms with Gasteiger partial charge in [-0.3, -0.25) is 4.99 Å². The highest BCUT2D eigenvalue weighted by molar-refractivity contribution is 5.80. The molecule has 0 amide bonds. The summed E-state index contributed by atoms with van der Waals surface area (Å²) in [7, 11) is 1.68. The molecule has 0 aromatic carbocycles. The number of likely N-dealkylation sites (tertiary alicyclic amines) is 1. The summed E-state index contributed by atoms with van der Waals surface area (Å²) in [5, 5.41) is 11.5. The highest BCUT2D eigenvalue weighted by Gasteiger charge is 2.22. The number of guanidine groups is 1. The van der Waals surface area contributed by atoms with Crippen LogP contribution in [0.15, 0.2) is 4.99 Å². The summed E-state index contributed by atoms with van der Waals surface area (Å²) in [6.07, 6.45) is 7.10. The molecule has 2 aliphatic rings. The van der Waals surface area contributed by atoms with Crippen LogP contribution in [0.5, 0.6) is 0 Å². The normalized spacial score (nSPS) is 20.7. The molecule has 27 heavy (non-hydrogen) atoms. The van der Waals surface area contributed by atoms with E-state index in [0.717, 1.165) is 56.5 Å². The fourth-order valence-electron chi connectivity index (χ4n) is 3.83. The molecule has 1 unspecified atom stereocenters. The Bertz CT molecular complexity index is 595. The van der Waals surface area contributed by atoms with Gasteiger partial charge in [-0.25, -0.2) is 9.67 Å². The van der Waals surface area contributed by atoms with Gasteiger partial charge in [0.1, 0.15) is 12.4 Å². The topological polar surface area (TPSA) is 79.6 Å². The molecule has 3 rings (SSSR count). The number of hydrogen-bond acceptors (Lipinski definition) is 5. The van der Waals surface area contributed by atoms with Crippen molar-refractivity contribution in [2.75, 3.05) is 39.8 Å². The molecular weight excluding hydrogens is 342 g/mol. The van der Waals surface area contributed by atoms with Crippen LogP contribution >= 0.6 is 0 Å². The molecule has 0 saturated carbocycles. The van der Waals surface area contributed by atoms with E-state index in [9.17, 15) is 0 Å². The smallest absolute Gasteiger partial charge is 0.191 e. The standard InChI is InChI=1S/C19H35N7O/c1-3-20-19(21-10-4-5-11-25-12-6-7-13-25)22-16-8-9-18-23-17(15-27-2)24-26(18)14-16/h16H,3-15H2,1-2H3,(H2,20,21,22). The zero-order valence-electron chi connectivity index (χ0n) is 16.9. The number of unbranched alkanes of at least 4 members (excludes halogenated alkanes) is 1. The van der Waals surface area contributed by atoms with Crippen molar-refractivity contribution < 1.29 is 4.74 Å². The van der Waals surface area contributed by atoms with Crippen LogP contribution in [-0.2, 0) is 24.3 Å². The number of ether oxygens (including phenoxy) is 1. The van der Waals surface area contributed by atoms with Crippen LogP contribution in [0.3, 0.4) is 0 Å². The summed E-state index contributed by atoms with van der Waals surface area (Å²) in [4.78, 5) is 11.9. The number of aryl methyl sites for hydroxylation is 1. The first kappa shape index (κ1) is 20.1. The number of aromatic nitrogens is 3. The van der Waals surface area contributed by atoms with E-state index < -0.39 is 0 Å². The van der Waals surface area contributed by atoms with E-state index in [1.807, 2.05) is 4.68 Å². The van der Waals surface area contributed by atoms with Gasteiger partial charge < -0.3 is 20.3 Å². The third kappa shape index (κ3) is 6.17. The van der Waals surface area contributed by atoms with Gasteiger partial charge in [0, 0.05) is 32.7 Å². The molecule has 0 spiro atoms. The van der Waals surface area contributed by atoms with Gasteiger partial charge >= 0.3 is 0 Å². The predicted octanol–water partition coefficient (Wildman–Crippen LogP) is 1.17. The molecule has 1 aromatic rings. The van der Waals surface area contributed by atoms with Crippen molar-refractivity contribution in [2.24, 2.45) is 4.99 Å². The molecule has 0 bridgehead atoms. The van der Waals surface area contributed by atoms with Crippen LogP contribution in [0.2, 0.25) is 0 Å². The third-order valence-electron chi connectivity index (χ3n) is 5.21. The van der Waals surface area contributed by atoms with Gasteiger partial charge in [-0.05, 0) is 58.7 Å². The van der Waals surface area contributed by atoms with Gasteiger partial charge in [0.15, 0.2) is 11.8 Å². The minimum absolute atomic E-state index is 0.331. The Kier molecular flexibility index (Phi) is 7.89. The summed E-state index contributed by atoms with van der Waals surface area (Å²) < 4.78 is 7.15. The molecule has 3 heterocycles. The van der Waals surface area contributed by atoms with Crippen molar-refractivity contribution in [1.29, 1.82) is 0 Å². The Labute approximate surface area is 162 Å². The van der Waals surface area contributed by atoms with Gasteiger partial charge in [0.05, 0.1) is 6.54 Å². The average molecular weight is 378 g/mol. The Balaban J connectivity index is 1.43. The summed E-state index contributed by atoms with van der Waals surface area (Å²) in [6.45, 7) is 8.95. The fourth-order valence-corrected chi connectivity index (χ4v) is 3.83. The minimum Gasteiger partial charge on any atom is -0.377 e. The first-order valence-electron chi connectivity index (χ1n) is 10.5. The van der Waals surface area contributed by atoms with E-state index in [4.69, 9.17) is 9.73 Å². The largest absolute Gasteiger partial charge is 0.377 e. The summed E-state index contributed by atoms with van der Waals surface area (Å²) in [5.41, 5.74) is 0. The van der Waals surface area contributed by atoms with Gasteiger partial charge in [0.25, 0.3) is 0 Å². The van der Waals surface area contributed by atoms with Crippen molar-refractivity contribution >= 4 is 5.96 Å². The zero-order valence-corrected chi connectivity index (χ0v) is 16.9. The maximum atomic E-state index is 5.14. The van der Waals surface area contributed by atoms with E-state index in [0.29, 0.717) is 12.6 Å². The molecule has 1 aromatic heterocycles. The summed E-state index contributed by atoms with van der Waals surface area (Å²) in [6, 6.07) is 0.331. The molecule has 8 heteroatoms. The first-order chi connectivity index (χ1) is 13.3. The molecule has 8 nitrogen and oxygen atoms in total. The lowest BCUT2D eigenvalue weighted by molar-refractivity contribution is 0.177. The highest BCUT2D eigenvalue weighted by atomic mass is 16.5. The Morgan fingerprint density at radius 2 is 2.15 bits per heavy atom. The molecular formula is C19H35N7O. The number of nitrogens with zero attached hydrogens (tertiary/aromatic N) is 5. The molecule has 1 saturated heterocycles. The Hall–Kier alpha value is -1.67. The number of fused-ring (bicyclic) bond motifs is 1. The number of aliphatic imine (C=N–C) groups is 1. The van der Waals surface area contributed by atoms with E-state index in [-0.39, 0.29) is 0 Å². The summed E-state index contributed by atoms with van der Waals surface area (Å²) >= 11 is 0. The lowest BCUT2D eigenvalue weighted by Gasteiger charge is -2.25. The van der Waals surface area contributed by atoms with Crippen molar-refractivity contribution in [3.8, 4) is 0 Å². The monoisotopic (exact) mass is 377 g/mol. The minimum atomic E-state index is 0.331. The lowest BCUT2D eigenvalue weighted by atomic mass is 10.1. The highest BCUT2D eigenvalue weighted by Crippen LogP contribution is 2.13. The first-order valence-corrected chi connectivity index (χ1v) is 10.5. The molecule has 2 aliphatic heterocycles. The van der Waals surface area contributed by atoms with Crippen LogP contribution in [0.1, 0.15) is 50.7 Å². The van der Waals surface area contributed by atoms with Crippen molar-refractivity contribution in [2.45, 2.75) is 64.6 Å². The number of rotatable bonds is 9. The van der Waals surface area contributed by atoms with Gasteiger partial charge in [-0.15, -0.1) is 0 Å². The number of methoxy groups -OCH3 is 1. The lowest BCUT2D eigenvalue weighted by Crippen LogP contribution is -2.47. The van der Waals surface area contributed by atoms with E-state index >= 15 is 0 Å². The number of nitrogens with one attached hydrogen (secondary N) is 2. The molecule has 0 aliphatic carbocycles. The van der Waals surface area contributed by atoms with Crippen LogP contribution in [-0.4, -0.2) is 71.5 Å². The molecule has 152 valence electrons. The zero-order chi connectivity index (χ0) is 18.9. The van der Waals surface area contributed by atoms with Gasteiger partial charge in [0.2, 0.25) is 0 Å². The van der Waals surface area contributed by atoms with E-state index in [1.54, 1.807) is 7.11 Å².